The number of carbonyl (C=O) groups excluding carboxylic acids is 2. The van der Waals surface area contributed by atoms with E-state index in [1.54, 1.807) is 11.0 Å². The molecular formula is C35H43FN8O4. The van der Waals surface area contributed by atoms with E-state index in [1.165, 1.54) is 12.1 Å². The number of nitrogens with zero attached hydrogens (tertiary/aromatic N) is 6. The van der Waals surface area contributed by atoms with Crippen LogP contribution in [0.1, 0.15) is 44.0 Å². The lowest BCUT2D eigenvalue weighted by atomic mass is 10.0. The second-order valence-corrected chi connectivity index (χ2v) is 13.7. The summed E-state index contributed by atoms with van der Waals surface area (Å²) < 4.78 is 28.1. The minimum atomic E-state index is -0.707. The lowest BCUT2D eigenvalue weighted by molar-refractivity contribution is 0.0297. The Morgan fingerprint density at radius 3 is 2.35 bits per heavy atom. The molecule has 4 aliphatic heterocycles. The van der Waals surface area contributed by atoms with Gasteiger partial charge in [0.1, 0.15) is 17.0 Å². The largest absolute Gasteiger partial charge is 0.469 e. The van der Waals surface area contributed by atoms with Crippen molar-refractivity contribution in [1.29, 1.82) is 0 Å². The Balaban J connectivity index is 1.14. The number of piperazine rings is 1. The van der Waals surface area contributed by atoms with Gasteiger partial charge in [-0.15, -0.1) is 0 Å². The number of benzene rings is 2. The molecule has 13 heteroatoms. The molecule has 7 rings (SSSR count). The van der Waals surface area contributed by atoms with E-state index in [2.05, 4.69) is 32.4 Å². The Hall–Kier alpha value is -4.49. The van der Waals surface area contributed by atoms with Gasteiger partial charge in [0.15, 0.2) is 0 Å². The molecule has 0 spiro atoms. The first-order valence-electron chi connectivity index (χ1n) is 16.8. The van der Waals surface area contributed by atoms with E-state index in [0.717, 1.165) is 44.7 Å². The molecular weight excluding hydrogens is 615 g/mol. The molecule has 3 saturated heterocycles. The number of morpholine rings is 1. The summed E-state index contributed by atoms with van der Waals surface area (Å²) >= 11 is 0. The van der Waals surface area contributed by atoms with E-state index in [0.29, 0.717) is 43.4 Å². The summed E-state index contributed by atoms with van der Waals surface area (Å²) in [7, 11) is 2.12. The zero-order valence-corrected chi connectivity index (χ0v) is 28.0. The molecule has 4 aliphatic rings. The molecule has 5 heterocycles. The Morgan fingerprint density at radius 2 is 1.69 bits per heavy atom. The van der Waals surface area contributed by atoms with E-state index in [1.807, 2.05) is 45.0 Å². The van der Waals surface area contributed by atoms with Crippen LogP contribution >= 0.6 is 0 Å². The fourth-order valence-electron chi connectivity index (χ4n) is 6.93. The van der Waals surface area contributed by atoms with Gasteiger partial charge < -0.3 is 39.7 Å². The maximum atomic E-state index is 15.7. The smallest absolute Gasteiger partial charge is 0.323 e. The summed E-state index contributed by atoms with van der Waals surface area (Å²) in [5, 5.41) is 5.40. The van der Waals surface area contributed by atoms with Crippen LogP contribution < -0.4 is 25.2 Å². The van der Waals surface area contributed by atoms with Gasteiger partial charge in [0.05, 0.1) is 30.1 Å². The number of urea groups is 1. The van der Waals surface area contributed by atoms with E-state index < -0.39 is 17.4 Å². The molecule has 254 valence electrons. The second kappa shape index (κ2) is 12.8. The molecule has 1 aromatic heterocycles. The van der Waals surface area contributed by atoms with Gasteiger partial charge in [-0.05, 0) is 77.1 Å². The molecule has 3 fully saturated rings. The summed E-state index contributed by atoms with van der Waals surface area (Å²) in [5.74, 6) is -0.345. The van der Waals surface area contributed by atoms with E-state index >= 15 is 4.39 Å². The molecule has 2 atom stereocenters. The molecule has 0 aliphatic carbocycles. The van der Waals surface area contributed by atoms with Gasteiger partial charge in [-0.1, -0.05) is 6.07 Å². The van der Waals surface area contributed by atoms with Crippen molar-refractivity contribution in [3.63, 3.8) is 0 Å². The van der Waals surface area contributed by atoms with Crippen molar-refractivity contribution in [3.05, 3.63) is 53.8 Å². The summed E-state index contributed by atoms with van der Waals surface area (Å²) in [6, 6.07) is 11.5. The highest BCUT2D eigenvalue weighted by atomic mass is 19.1. The number of hydrogen-bond acceptors (Lipinski definition) is 9. The van der Waals surface area contributed by atoms with E-state index in [9.17, 15) is 9.59 Å². The van der Waals surface area contributed by atoms with E-state index in [-0.39, 0.29) is 40.9 Å². The first-order chi connectivity index (χ1) is 23.0. The van der Waals surface area contributed by atoms with Gasteiger partial charge in [-0.2, -0.15) is 4.98 Å². The van der Waals surface area contributed by atoms with Crippen LogP contribution in [0.4, 0.5) is 32.2 Å². The highest BCUT2D eigenvalue weighted by Crippen LogP contribution is 2.38. The molecule has 2 aromatic carbocycles. The Labute approximate surface area is 280 Å². The second-order valence-electron chi connectivity index (χ2n) is 13.7. The number of fused-ring (bicyclic) bond motifs is 3. The van der Waals surface area contributed by atoms with Gasteiger partial charge in [0.25, 0.3) is 5.91 Å². The summed E-state index contributed by atoms with van der Waals surface area (Å²) in [4.78, 5) is 44.8. The molecule has 0 saturated carbocycles. The minimum absolute atomic E-state index is 0.00525. The zero-order valence-electron chi connectivity index (χ0n) is 28.0. The van der Waals surface area contributed by atoms with Crippen molar-refractivity contribution in [2.75, 3.05) is 79.8 Å². The number of ether oxygens (including phenoxy) is 2. The van der Waals surface area contributed by atoms with Crippen LogP contribution in [0.5, 0.6) is 5.88 Å². The Bertz CT molecular complexity index is 1680. The molecule has 2 bridgehead atoms. The number of anilines is 4. The third-order valence-electron chi connectivity index (χ3n) is 9.50. The molecule has 48 heavy (non-hydrogen) atoms. The zero-order chi connectivity index (χ0) is 33.6. The first kappa shape index (κ1) is 32.1. The van der Waals surface area contributed by atoms with Gasteiger partial charge in [-0.3, -0.25) is 4.79 Å². The van der Waals surface area contributed by atoms with Gasteiger partial charge in [0.2, 0.25) is 11.8 Å². The number of likely N-dealkylation sites (N-methyl/N-ethyl adjacent to an activating group) is 2. The highest BCUT2D eigenvalue weighted by Gasteiger charge is 2.39. The normalized spacial score (nSPS) is 22.2. The lowest BCUT2D eigenvalue weighted by Gasteiger charge is -2.34. The number of carbonyl (C=O) groups is 2. The third-order valence-corrected chi connectivity index (χ3v) is 9.50. The van der Waals surface area contributed by atoms with Crippen molar-refractivity contribution in [3.8, 4) is 17.1 Å². The van der Waals surface area contributed by atoms with Gasteiger partial charge >= 0.3 is 6.03 Å². The maximum Gasteiger partial charge on any atom is 0.323 e. The predicted octanol–water partition coefficient (Wildman–Crippen LogP) is 4.68. The number of hydrogen-bond donors (Lipinski definition) is 2. The van der Waals surface area contributed by atoms with Crippen LogP contribution in [0.3, 0.4) is 0 Å². The highest BCUT2D eigenvalue weighted by molar-refractivity contribution is 6.03. The van der Waals surface area contributed by atoms with Crippen LogP contribution in [-0.2, 0) is 4.74 Å². The standard InChI is InChI=1S/C35H43FN8O4/c1-5-42-21-35(2,3)48-31-29(32(42)45)30(39-33(40-31)44-19-25-11-12-26(20-44)47-25)22-6-13-28(27(36)18-22)38-34(46)37-23-7-9-24(10-8-23)43-16-14-41(4)15-17-43/h6-10,13,18,25-26H,5,11-12,14-17,19-21H2,1-4H3,(H2,37,38,46). The Kier molecular flexibility index (Phi) is 8.58. The van der Waals surface area contributed by atoms with Crippen LogP contribution in [0, 0.1) is 5.82 Å². The maximum absolute atomic E-state index is 15.7. The van der Waals surface area contributed by atoms with Crippen molar-refractivity contribution < 1.29 is 23.5 Å². The fourth-order valence-corrected chi connectivity index (χ4v) is 6.93. The summed E-state index contributed by atoms with van der Waals surface area (Å²) in [6.45, 7) is 11.7. The topological polar surface area (TPSA) is 115 Å². The lowest BCUT2D eigenvalue weighted by Crippen LogP contribution is -2.44. The fraction of sp³-hybridized carbons (Fsp3) is 0.486. The Morgan fingerprint density at radius 1 is 0.979 bits per heavy atom. The molecule has 2 N–H and O–H groups in total. The molecule has 12 nitrogen and oxygen atoms in total. The summed E-state index contributed by atoms with van der Waals surface area (Å²) in [5.41, 5.74) is 1.83. The average Bonchev–Trinajstić information content (AvgIpc) is 3.36. The van der Waals surface area contributed by atoms with Crippen molar-refractivity contribution >= 4 is 34.9 Å². The number of rotatable bonds is 6. The predicted molar refractivity (Wildman–Crippen MR) is 183 cm³/mol. The van der Waals surface area contributed by atoms with Crippen molar-refractivity contribution in [1.82, 2.24) is 19.8 Å². The molecule has 3 amide bonds. The van der Waals surface area contributed by atoms with E-state index in [4.69, 9.17) is 19.4 Å². The minimum Gasteiger partial charge on any atom is -0.469 e. The van der Waals surface area contributed by atoms with Gasteiger partial charge in [0, 0.05) is 62.8 Å². The van der Waals surface area contributed by atoms with Crippen LogP contribution in [0.25, 0.3) is 11.3 Å². The first-order valence-corrected chi connectivity index (χ1v) is 16.8. The number of nitrogens with one attached hydrogen (secondary N) is 2. The number of aromatic nitrogens is 2. The SMILES string of the molecule is CCN1CC(C)(C)Oc2nc(N3CC4CCC(C3)O4)nc(-c3ccc(NC(=O)Nc4ccc(N5CCN(C)CC5)cc4)c(F)c3)c2C1=O. The summed E-state index contributed by atoms with van der Waals surface area (Å²) in [6.07, 6.45) is 2.13. The third kappa shape index (κ3) is 6.61. The van der Waals surface area contributed by atoms with Crippen molar-refractivity contribution in [2.45, 2.75) is 51.4 Å². The van der Waals surface area contributed by atoms with Crippen LogP contribution in [0.15, 0.2) is 42.5 Å². The number of amides is 3. The molecule has 3 aromatic rings. The number of halogens is 1. The average molecular weight is 659 g/mol. The quantitative estimate of drug-likeness (QED) is 0.390. The monoisotopic (exact) mass is 658 g/mol. The van der Waals surface area contributed by atoms with Crippen LogP contribution in [0.2, 0.25) is 0 Å². The van der Waals surface area contributed by atoms with Crippen LogP contribution in [-0.4, -0.2) is 109 Å². The van der Waals surface area contributed by atoms with Crippen molar-refractivity contribution in [2.24, 2.45) is 0 Å². The molecule has 2 unspecified atom stereocenters. The molecule has 0 radical (unpaired) electrons. The van der Waals surface area contributed by atoms with Gasteiger partial charge in [-0.25, -0.2) is 14.2 Å².